The van der Waals surface area contributed by atoms with E-state index < -0.39 is 0 Å². The van der Waals surface area contributed by atoms with Crippen molar-refractivity contribution in [1.82, 2.24) is 24.1 Å². The molecule has 0 fully saturated rings. The molecule has 13 rings (SSSR count). The van der Waals surface area contributed by atoms with Crippen molar-refractivity contribution in [3.8, 4) is 78.9 Å². The molecule has 3 aromatic heterocycles. The van der Waals surface area contributed by atoms with Gasteiger partial charge in [-0.1, -0.05) is 200 Å². The smallest absolute Gasteiger partial charge is 0.164 e. The number of nitrogens with zero attached hydrogens (tertiary/aromatic N) is 5. The summed E-state index contributed by atoms with van der Waals surface area (Å²) in [4.78, 5) is 15.1. The maximum absolute atomic E-state index is 5.07. The second-order valence-corrected chi connectivity index (χ2v) is 17.2. The molecule has 0 aliphatic carbocycles. The average Bonchev–Trinajstić information content (AvgIpc) is 3.94. The Balaban J connectivity index is 0.878. The van der Waals surface area contributed by atoms with Crippen LogP contribution >= 0.6 is 0 Å². The van der Waals surface area contributed by atoms with Crippen molar-refractivity contribution < 1.29 is 0 Å². The number of hydrogen-bond acceptors (Lipinski definition) is 3. The third kappa shape index (κ3) is 6.76. The highest BCUT2D eigenvalue weighted by atomic mass is 15.0. The molecule has 5 nitrogen and oxygen atoms in total. The Morgan fingerprint density at radius 2 is 0.574 bits per heavy atom. The van der Waals surface area contributed by atoms with E-state index in [9.17, 15) is 0 Å². The summed E-state index contributed by atoms with van der Waals surface area (Å²) in [6.45, 7) is 0. The van der Waals surface area contributed by atoms with Crippen LogP contribution in [0.2, 0.25) is 0 Å². The standard InChI is InChI=1S/C63H41N5/c1-4-16-42(17-5-1)47-32-38-54-52-23-12-14-26-57(52)67(59(54)40-47)49-34-28-43(29-35-49)48-33-39-55-53-24-13-15-27-58(53)68(60(55)41-48)50-36-30-44(31-37-50)51-22-10-11-25-56(51)63-65-61(45-18-6-2-7-19-45)64-62(66-63)46-20-8-3-9-21-46/h1-41H. The first-order chi connectivity index (χ1) is 33.7. The lowest BCUT2D eigenvalue weighted by Crippen LogP contribution is -2.01. The number of fused-ring (bicyclic) bond motifs is 6. The second-order valence-electron chi connectivity index (χ2n) is 17.2. The molecule has 0 aliphatic heterocycles. The molecule has 3 heterocycles. The van der Waals surface area contributed by atoms with Crippen molar-refractivity contribution in [3.05, 3.63) is 249 Å². The van der Waals surface area contributed by atoms with Gasteiger partial charge in [0.05, 0.1) is 22.1 Å². The van der Waals surface area contributed by atoms with Crippen molar-refractivity contribution in [2.45, 2.75) is 0 Å². The predicted octanol–water partition coefficient (Wildman–Crippen LogP) is 16.1. The van der Waals surface area contributed by atoms with Gasteiger partial charge in [-0.15, -0.1) is 0 Å². The van der Waals surface area contributed by atoms with Crippen LogP contribution in [0.5, 0.6) is 0 Å². The van der Waals surface area contributed by atoms with Gasteiger partial charge in [0.1, 0.15) is 0 Å². The Morgan fingerprint density at radius 1 is 0.221 bits per heavy atom. The molecule has 0 N–H and O–H groups in total. The summed E-state index contributed by atoms with van der Waals surface area (Å²) in [5.41, 5.74) is 16.6. The minimum absolute atomic E-state index is 0.632. The molecule has 10 aromatic carbocycles. The first-order valence-electron chi connectivity index (χ1n) is 23.0. The predicted molar refractivity (Wildman–Crippen MR) is 281 cm³/mol. The largest absolute Gasteiger partial charge is 0.309 e. The molecule has 0 unspecified atom stereocenters. The zero-order valence-corrected chi connectivity index (χ0v) is 36.9. The highest BCUT2D eigenvalue weighted by molar-refractivity contribution is 6.11. The van der Waals surface area contributed by atoms with Gasteiger partial charge in [0, 0.05) is 49.6 Å². The third-order valence-corrected chi connectivity index (χ3v) is 13.2. The van der Waals surface area contributed by atoms with Crippen LogP contribution in [0, 0.1) is 0 Å². The van der Waals surface area contributed by atoms with Crippen LogP contribution in [-0.2, 0) is 0 Å². The van der Waals surface area contributed by atoms with Crippen LogP contribution < -0.4 is 0 Å². The van der Waals surface area contributed by atoms with Crippen LogP contribution in [0.25, 0.3) is 123 Å². The molecule has 13 aromatic rings. The lowest BCUT2D eigenvalue weighted by atomic mass is 9.98. The van der Waals surface area contributed by atoms with E-state index in [1.165, 1.54) is 43.7 Å². The normalized spacial score (nSPS) is 11.5. The topological polar surface area (TPSA) is 48.5 Å². The Hall–Kier alpha value is -9.19. The lowest BCUT2D eigenvalue weighted by Gasteiger charge is -2.13. The van der Waals surface area contributed by atoms with E-state index >= 15 is 0 Å². The molecule has 0 saturated heterocycles. The molecular formula is C63H41N5. The van der Waals surface area contributed by atoms with Crippen LogP contribution in [0.3, 0.4) is 0 Å². The maximum Gasteiger partial charge on any atom is 0.164 e. The summed E-state index contributed by atoms with van der Waals surface area (Å²) in [6, 6.07) is 88.3. The van der Waals surface area contributed by atoms with Crippen molar-refractivity contribution in [1.29, 1.82) is 0 Å². The molecule has 0 bridgehead atoms. The van der Waals surface area contributed by atoms with Gasteiger partial charge in [-0.2, -0.15) is 0 Å². The first kappa shape index (κ1) is 39.2. The molecular weight excluding hydrogens is 827 g/mol. The van der Waals surface area contributed by atoms with Crippen LogP contribution in [0.1, 0.15) is 0 Å². The molecule has 0 saturated carbocycles. The van der Waals surface area contributed by atoms with Gasteiger partial charge < -0.3 is 9.13 Å². The Morgan fingerprint density at radius 3 is 1.07 bits per heavy atom. The summed E-state index contributed by atoms with van der Waals surface area (Å²) in [7, 11) is 0. The molecule has 0 amide bonds. The molecule has 0 aliphatic rings. The highest BCUT2D eigenvalue weighted by Gasteiger charge is 2.18. The number of aromatic nitrogens is 5. The van der Waals surface area contributed by atoms with Gasteiger partial charge in [-0.3, -0.25) is 0 Å². The zero-order valence-electron chi connectivity index (χ0n) is 36.9. The van der Waals surface area contributed by atoms with E-state index in [1.54, 1.807) is 0 Å². The number of para-hydroxylation sites is 2. The van der Waals surface area contributed by atoms with Gasteiger partial charge >= 0.3 is 0 Å². The van der Waals surface area contributed by atoms with Crippen LogP contribution in [-0.4, -0.2) is 24.1 Å². The summed E-state index contributed by atoms with van der Waals surface area (Å²) in [6.07, 6.45) is 0. The van der Waals surface area contributed by atoms with E-state index in [-0.39, 0.29) is 0 Å². The lowest BCUT2D eigenvalue weighted by molar-refractivity contribution is 1.07. The molecule has 0 spiro atoms. The fraction of sp³-hybridized carbons (Fsp3) is 0. The van der Waals surface area contributed by atoms with Gasteiger partial charge in [0.15, 0.2) is 17.5 Å². The first-order valence-corrected chi connectivity index (χ1v) is 23.0. The highest BCUT2D eigenvalue weighted by Crippen LogP contribution is 2.39. The molecule has 0 radical (unpaired) electrons. The van der Waals surface area contributed by atoms with Crippen molar-refractivity contribution >= 4 is 43.6 Å². The van der Waals surface area contributed by atoms with Crippen molar-refractivity contribution in [2.24, 2.45) is 0 Å². The van der Waals surface area contributed by atoms with E-state index in [0.717, 1.165) is 61.4 Å². The summed E-state index contributed by atoms with van der Waals surface area (Å²) < 4.78 is 4.79. The van der Waals surface area contributed by atoms with Crippen LogP contribution in [0.15, 0.2) is 249 Å². The maximum atomic E-state index is 5.07. The zero-order chi connectivity index (χ0) is 45.0. The van der Waals surface area contributed by atoms with E-state index in [2.05, 4.69) is 197 Å². The minimum Gasteiger partial charge on any atom is -0.309 e. The fourth-order valence-corrected chi connectivity index (χ4v) is 9.94. The molecule has 68 heavy (non-hydrogen) atoms. The van der Waals surface area contributed by atoms with Crippen molar-refractivity contribution in [3.63, 3.8) is 0 Å². The Bertz CT molecular complexity index is 3930. The third-order valence-electron chi connectivity index (χ3n) is 13.2. The summed E-state index contributed by atoms with van der Waals surface area (Å²) in [5.74, 6) is 1.91. The number of rotatable bonds is 8. The fourth-order valence-electron chi connectivity index (χ4n) is 9.94. The molecule has 0 atom stereocenters. The summed E-state index contributed by atoms with van der Waals surface area (Å²) in [5, 5.41) is 4.93. The van der Waals surface area contributed by atoms with E-state index in [0.29, 0.717) is 17.5 Å². The van der Waals surface area contributed by atoms with Crippen LogP contribution in [0.4, 0.5) is 0 Å². The Kier molecular flexibility index (Phi) is 9.43. The van der Waals surface area contributed by atoms with Crippen molar-refractivity contribution in [2.75, 3.05) is 0 Å². The van der Waals surface area contributed by atoms with E-state index in [4.69, 9.17) is 15.0 Å². The minimum atomic E-state index is 0.632. The molecule has 5 heteroatoms. The quantitative estimate of drug-likeness (QED) is 0.153. The average molecular weight is 868 g/mol. The Labute approximate surface area is 393 Å². The SMILES string of the molecule is c1ccc(-c2ccc3c4ccccc4n(-c4ccc(-c5ccc6c7ccccc7n(-c7ccc(-c8ccccc8-c8nc(-c9ccccc9)nc(-c9ccccc9)n8)cc7)c6c5)cc4)c3c2)cc1. The van der Waals surface area contributed by atoms with E-state index in [1.807, 2.05) is 60.7 Å². The number of hydrogen-bond donors (Lipinski definition) is 0. The summed E-state index contributed by atoms with van der Waals surface area (Å²) >= 11 is 0. The molecule has 318 valence electrons. The number of benzene rings is 10. The van der Waals surface area contributed by atoms with Gasteiger partial charge in [0.2, 0.25) is 0 Å². The second kappa shape index (κ2) is 16.4. The van der Waals surface area contributed by atoms with Gasteiger partial charge in [0.25, 0.3) is 0 Å². The monoisotopic (exact) mass is 867 g/mol. The van der Waals surface area contributed by atoms with Gasteiger partial charge in [-0.05, 0) is 81.9 Å². The van der Waals surface area contributed by atoms with Gasteiger partial charge in [-0.25, -0.2) is 15.0 Å².